The number of carboxylic acids is 3. The molecule has 3 aliphatic rings. The van der Waals surface area contributed by atoms with Crippen LogP contribution in [-0.4, -0.2) is 213 Å². The van der Waals surface area contributed by atoms with E-state index in [2.05, 4.69) is 61.7 Å². The predicted molar refractivity (Wildman–Crippen MR) is 316 cm³/mol. The van der Waals surface area contributed by atoms with Crippen molar-refractivity contribution in [2.75, 3.05) is 32.7 Å². The molecule has 3 saturated heterocycles. The molecule has 0 radical (unpaired) electrons. The molecule has 0 spiro atoms. The van der Waals surface area contributed by atoms with Crippen LogP contribution in [0.1, 0.15) is 138 Å². The first-order chi connectivity index (χ1) is 41.9. The number of piperidine rings is 1. The monoisotopic (exact) mass is 1260 g/mol. The van der Waals surface area contributed by atoms with Gasteiger partial charge in [-0.25, -0.2) is 0 Å². The predicted octanol–water partition coefficient (Wildman–Crippen LogP) is -3.92. The highest BCUT2D eigenvalue weighted by atomic mass is 16.4. The van der Waals surface area contributed by atoms with Crippen molar-refractivity contribution >= 4 is 88.8 Å². The van der Waals surface area contributed by atoms with Gasteiger partial charge >= 0.3 is 17.9 Å². The number of carbonyl (C=O) groups excluding carboxylic acids is 12. The van der Waals surface area contributed by atoms with Crippen LogP contribution in [0.15, 0.2) is 12.2 Å². The lowest BCUT2D eigenvalue weighted by Gasteiger charge is -2.39. The number of hydrogen-bond acceptors (Lipinski definition) is 17. The third-order valence-corrected chi connectivity index (χ3v) is 15.3. The molecule has 3 fully saturated rings. The Balaban J connectivity index is 2.13. The molecule has 17 N–H and O–H groups in total. The molecule has 0 aromatic heterocycles. The number of amides is 12. The topological polar surface area (TPSA) is 496 Å². The standard InChI is InChI=1S/C57H92N14O18/c1-29(2)18-13-11-9-8-10-12-14-21-39(72)64-36(26-58)50(81)69-47-33(7)62-51(82)38-20-17-23-71(38)55(86)44(30(3)4)67-54(85)46(32(6)59)66-41(74)28-61-48(79)34(24-42(75)76)63-40(73)27-60-49(80)35(25-43(77)78)65-53(84)45(31(5)57(88)89)68-52(83)37-19-15-16-22-70(37)56(47)87/h12,14,29-38,44-47H,8-11,13,15-28,58-59H2,1-7H3,(H,60,80)(H,61,79)(H,62,82)(H,63,73)(H,64,72)(H,65,84)(H,66,74)(H,67,85)(H,68,83)(H,69,81)(H,75,76)(H,77,78)(H,88,89)/b14-12-. The molecular weight excluding hydrogens is 1170 g/mol. The summed E-state index contributed by atoms with van der Waals surface area (Å²) in [5.41, 5.74) is 12.1. The van der Waals surface area contributed by atoms with Crippen LogP contribution in [0.2, 0.25) is 0 Å². The molecule has 0 saturated carbocycles. The number of fused-ring (bicyclic) bond motifs is 2. The molecule has 32 nitrogen and oxygen atoms in total. The number of nitrogens with one attached hydrogen (secondary N) is 10. The van der Waals surface area contributed by atoms with E-state index in [9.17, 15) is 82.4 Å². The summed E-state index contributed by atoms with van der Waals surface area (Å²) in [4.78, 5) is 206. The van der Waals surface area contributed by atoms with E-state index in [-0.39, 0.29) is 51.6 Å². The van der Waals surface area contributed by atoms with Crippen molar-refractivity contribution in [3.05, 3.63) is 12.2 Å². The van der Waals surface area contributed by atoms with Crippen molar-refractivity contribution in [1.29, 1.82) is 0 Å². The first-order valence-electron chi connectivity index (χ1n) is 30.2. The molecule has 12 atom stereocenters. The van der Waals surface area contributed by atoms with Crippen molar-refractivity contribution in [3.8, 4) is 0 Å². The van der Waals surface area contributed by atoms with Crippen LogP contribution in [0.4, 0.5) is 0 Å². The molecule has 498 valence electrons. The molecule has 12 unspecified atom stereocenters. The highest BCUT2D eigenvalue weighted by Crippen LogP contribution is 2.24. The molecule has 12 amide bonds. The van der Waals surface area contributed by atoms with E-state index in [0.717, 1.165) is 50.3 Å². The quantitative estimate of drug-likeness (QED) is 0.0386. The van der Waals surface area contributed by atoms with E-state index in [0.29, 0.717) is 5.92 Å². The van der Waals surface area contributed by atoms with Crippen molar-refractivity contribution < 1.29 is 87.2 Å². The Labute approximate surface area is 516 Å². The molecule has 0 aromatic carbocycles. The summed E-state index contributed by atoms with van der Waals surface area (Å²) in [5.74, 6) is -19.4. The van der Waals surface area contributed by atoms with Crippen LogP contribution in [0.5, 0.6) is 0 Å². The maximum absolute atomic E-state index is 15.2. The molecular formula is C57H92N14O18. The van der Waals surface area contributed by atoms with Gasteiger partial charge in [-0.2, -0.15) is 0 Å². The van der Waals surface area contributed by atoms with Gasteiger partial charge in [0, 0.05) is 32.1 Å². The number of aliphatic carboxylic acids is 3. The van der Waals surface area contributed by atoms with Crippen molar-refractivity contribution in [1.82, 2.24) is 63.0 Å². The first-order valence-corrected chi connectivity index (χ1v) is 30.2. The van der Waals surface area contributed by atoms with Crippen molar-refractivity contribution in [2.45, 2.75) is 205 Å². The zero-order chi connectivity index (χ0) is 66.8. The highest BCUT2D eigenvalue weighted by molar-refractivity contribution is 6.01. The lowest BCUT2D eigenvalue weighted by Crippen LogP contribution is -2.66. The second-order valence-corrected chi connectivity index (χ2v) is 23.5. The van der Waals surface area contributed by atoms with Gasteiger partial charge in [-0.3, -0.25) is 71.9 Å². The zero-order valence-corrected chi connectivity index (χ0v) is 51.7. The van der Waals surface area contributed by atoms with E-state index in [1.807, 2.05) is 11.4 Å². The van der Waals surface area contributed by atoms with Gasteiger partial charge < -0.3 is 89.8 Å². The van der Waals surface area contributed by atoms with E-state index >= 15 is 4.79 Å². The van der Waals surface area contributed by atoms with Crippen LogP contribution in [-0.2, 0) is 71.9 Å². The third kappa shape index (κ3) is 24.3. The van der Waals surface area contributed by atoms with E-state index in [4.69, 9.17) is 11.5 Å². The van der Waals surface area contributed by atoms with Crippen molar-refractivity contribution in [2.24, 2.45) is 29.2 Å². The van der Waals surface area contributed by atoms with Gasteiger partial charge in [-0.15, -0.1) is 0 Å². The minimum absolute atomic E-state index is 0.00257. The Morgan fingerprint density at radius 2 is 1.13 bits per heavy atom. The number of allylic oxidation sites excluding steroid dienone is 1. The van der Waals surface area contributed by atoms with Gasteiger partial charge in [0.1, 0.15) is 54.4 Å². The normalized spacial score (nSPS) is 25.7. The molecule has 32 heteroatoms. The average Bonchev–Trinajstić information content (AvgIpc) is 2.33. The number of carbonyl (C=O) groups is 15. The Hall–Kier alpha value is -8.29. The zero-order valence-electron chi connectivity index (χ0n) is 51.7. The Kier molecular flexibility index (Phi) is 31.1. The Morgan fingerprint density at radius 3 is 1.70 bits per heavy atom. The summed E-state index contributed by atoms with van der Waals surface area (Å²) in [6, 6.07) is -17.6. The smallest absolute Gasteiger partial charge is 0.308 e. The number of unbranched alkanes of at least 4 members (excludes halogenated alkanes) is 4. The first kappa shape index (κ1) is 75.0. The van der Waals surface area contributed by atoms with Crippen molar-refractivity contribution in [3.63, 3.8) is 0 Å². The van der Waals surface area contributed by atoms with Gasteiger partial charge in [0.15, 0.2) is 0 Å². The second kappa shape index (κ2) is 36.9. The minimum Gasteiger partial charge on any atom is -0.481 e. The van der Waals surface area contributed by atoms with Gasteiger partial charge in [0.05, 0.1) is 37.9 Å². The van der Waals surface area contributed by atoms with Gasteiger partial charge in [-0.05, 0) is 77.6 Å². The molecule has 3 rings (SSSR count). The average molecular weight is 1260 g/mol. The van der Waals surface area contributed by atoms with E-state index < -0.39 is 200 Å². The summed E-state index contributed by atoms with van der Waals surface area (Å²) in [6.45, 7) is 8.55. The molecule has 3 aliphatic heterocycles. The fourth-order valence-electron chi connectivity index (χ4n) is 10.2. The Bertz CT molecular complexity index is 2600. The van der Waals surface area contributed by atoms with Crippen LogP contribution in [0, 0.1) is 17.8 Å². The van der Waals surface area contributed by atoms with E-state index in [1.165, 1.54) is 18.7 Å². The lowest BCUT2D eigenvalue weighted by atomic mass is 9.96. The van der Waals surface area contributed by atoms with Crippen LogP contribution in [0.3, 0.4) is 0 Å². The summed E-state index contributed by atoms with van der Waals surface area (Å²) in [7, 11) is 0. The fourth-order valence-corrected chi connectivity index (χ4v) is 10.2. The van der Waals surface area contributed by atoms with Crippen LogP contribution < -0.4 is 64.6 Å². The van der Waals surface area contributed by atoms with Gasteiger partial charge in [0.2, 0.25) is 70.9 Å². The van der Waals surface area contributed by atoms with E-state index in [1.54, 1.807) is 19.9 Å². The molecule has 3 heterocycles. The molecule has 0 aromatic rings. The number of nitrogens with zero attached hydrogens (tertiary/aromatic N) is 2. The largest absolute Gasteiger partial charge is 0.481 e. The number of carboxylic acid groups (broad SMARTS) is 3. The molecule has 89 heavy (non-hydrogen) atoms. The summed E-state index contributed by atoms with van der Waals surface area (Å²) in [5, 5.41) is 52.8. The molecule has 0 aliphatic carbocycles. The second-order valence-electron chi connectivity index (χ2n) is 23.5. The summed E-state index contributed by atoms with van der Waals surface area (Å²) in [6.07, 6.45) is 7.90. The Morgan fingerprint density at radius 1 is 0.607 bits per heavy atom. The lowest BCUT2D eigenvalue weighted by molar-refractivity contribution is -0.149. The third-order valence-electron chi connectivity index (χ3n) is 15.3. The summed E-state index contributed by atoms with van der Waals surface area (Å²) < 4.78 is 0. The number of hydrogen-bond donors (Lipinski definition) is 15. The van der Waals surface area contributed by atoms with Gasteiger partial charge in [-0.1, -0.05) is 65.5 Å². The maximum atomic E-state index is 15.2. The fraction of sp³-hybridized carbons (Fsp3) is 0.702. The number of rotatable bonds is 21. The maximum Gasteiger partial charge on any atom is 0.308 e. The van der Waals surface area contributed by atoms with Gasteiger partial charge in [0.25, 0.3) is 0 Å². The summed E-state index contributed by atoms with van der Waals surface area (Å²) >= 11 is 0. The highest BCUT2D eigenvalue weighted by Gasteiger charge is 2.45. The number of nitrogens with two attached hydrogens (primary N) is 2. The SMILES string of the molecule is CC(C)CCCCCC/C=C\CC(=O)NC(CN)C(=O)NC1C(=O)N2CCCCC2C(=O)NC(C(C)C(=O)O)C(=O)NC(CC(=O)O)C(=O)NCC(=O)NC(CC(=O)O)C(=O)NCC(=O)NC(C(C)N)C(=O)NC(C(C)C)C(=O)N2CCCC2C(=O)NC1C. The minimum atomic E-state index is -2.10. The van der Waals surface area contributed by atoms with Crippen LogP contribution in [0.25, 0.3) is 0 Å². The molecule has 0 bridgehead atoms. The van der Waals surface area contributed by atoms with Crippen LogP contribution >= 0.6 is 0 Å².